The first kappa shape index (κ1) is 13.9. The fourth-order valence-electron chi connectivity index (χ4n) is 3.36. The molecule has 1 saturated carbocycles. The lowest BCUT2D eigenvalue weighted by Crippen LogP contribution is -2.25. The number of thiophene rings is 1. The van der Waals surface area contributed by atoms with Crippen LogP contribution < -0.4 is 5.56 Å². The third-order valence-electron chi connectivity index (χ3n) is 4.44. The molecule has 5 heteroatoms. The number of nitrogens with one attached hydrogen (secondary N) is 1. The Balaban J connectivity index is 2.00. The topological polar surface area (TPSA) is 37.8 Å². The molecule has 0 radical (unpaired) electrons. The molecule has 4 rings (SSSR count). The van der Waals surface area contributed by atoms with E-state index < -0.39 is 0 Å². The van der Waals surface area contributed by atoms with E-state index in [1.165, 1.54) is 12.8 Å². The van der Waals surface area contributed by atoms with Crippen molar-refractivity contribution in [2.75, 3.05) is 0 Å². The Morgan fingerprint density at radius 2 is 1.91 bits per heavy atom. The highest BCUT2D eigenvalue weighted by Crippen LogP contribution is 2.33. The highest BCUT2D eigenvalue weighted by Gasteiger charge is 2.22. The smallest absolute Gasteiger partial charge is 0.263 e. The van der Waals surface area contributed by atoms with Crippen LogP contribution >= 0.6 is 23.6 Å². The van der Waals surface area contributed by atoms with Crippen molar-refractivity contribution in [3.63, 3.8) is 0 Å². The van der Waals surface area contributed by atoms with Gasteiger partial charge in [0.05, 0.1) is 5.39 Å². The minimum atomic E-state index is 0.0609. The van der Waals surface area contributed by atoms with Crippen molar-refractivity contribution in [2.45, 2.75) is 31.7 Å². The number of H-pyrrole nitrogens is 1. The van der Waals surface area contributed by atoms with E-state index in [0.29, 0.717) is 4.77 Å². The minimum Gasteiger partial charge on any atom is -0.323 e. The molecule has 0 saturated heterocycles. The zero-order chi connectivity index (χ0) is 15.1. The second-order valence-corrected chi connectivity index (χ2v) is 7.03. The van der Waals surface area contributed by atoms with E-state index in [2.05, 4.69) is 4.98 Å². The fourth-order valence-corrected chi connectivity index (χ4v) is 4.72. The van der Waals surface area contributed by atoms with Gasteiger partial charge >= 0.3 is 0 Å². The summed E-state index contributed by atoms with van der Waals surface area (Å²) in [5.41, 5.74) is 2.14. The molecule has 0 aliphatic heterocycles. The Morgan fingerprint density at radius 1 is 1.18 bits per heavy atom. The molecular weight excluding hydrogens is 312 g/mol. The monoisotopic (exact) mass is 328 g/mol. The Kier molecular flexibility index (Phi) is 3.47. The molecule has 0 atom stereocenters. The average molecular weight is 328 g/mol. The average Bonchev–Trinajstić information content (AvgIpc) is 3.17. The lowest BCUT2D eigenvalue weighted by molar-refractivity contribution is 0.493. The van der Waals surface area contributed by atoms with E-state index in [9.17, 15) is 4.79 Å². The summed E-state index contributed by atoms with van der Waals surface area (Å²) < 4.78 is 2.37. The van der Waals surface area contributed by atoms with Gasteiger partial charge in [-0.2, -0.15) is 0 Å². The normalized spacial score (nSPS) is 15.6. The summed E-state index contributed by atoms with van der Waals surface area (Å²) >= 11 is 7.00. The molecule has 1 aliphatic rings. The van der Waals surface area contributed by atoms with Crippen molar-refractivity contribution in [1.82, 2.24) is 9.55 Å². The minimum absolute atomic E-state index is 0.0609. The van der Waals surface area contributed by atoms with Crippen molar-refractivity contribution < 1.29 is 0 Å². The molecule has 0 amide bonds. The van der Waals surface area contributed by atoms with Crippen LogP contribution in [0, 0.1) is 4.77 Å². The first-order valence-electron chi connectivity index (χ1n) is 7.57. The number of hydrogen-bond acceptors (Lipinski definition) is 3. The Bertz CT molecular complexity index is 931. The van der Waals surface area contributed by atoms with E-state index in [4.69, 9.17) is 12.2 Å². The van der Waals surface area contributed by atoms with Crippen LogP contribution in [0.4, 0.5) is 0 Å². The lowest BCUT2D eigenvalue weighted by atomic mass is 10.1. The standard InChI is InChI=1S/C17H16N2OS2/c20-16-14-13(11-6-2-1-3-7-11)10-22-15(14)18-17(21)19(16)12-8-4-5-9-12/h1-3,6-7,10,12H,4-5,8-9H2,(H,18,21). The van der Waals surface area contributed by atoms with Crippen LogP contribution in [0.5, 0.6) is 0 Å². The maximum atomic E-state index is 13.1. The van der Waals surface area contributed by atoms with Crippen LogP contribution in [0.15, 0.2) is 40.5 Å². The number of nitrogens with zero attached hydrogens (tertiary/aromatic N) is 1. The van der Waals surface area contributed by atoms with Crippen molar-refractivity contribution in [1.29, 1.82) is 0 Å². The molecule has 1 aromatic carbocycles. The van der Waals surface area contributed by atoms with Gasteiger partial charge < -0.3 is 4.98 Å². The van der Waals surface area contributed by atoms with E-state index in [1.807, 2.05) is 40.3 Å². The van der Waals surface area contributed by atoms with Crippen LogP contribution in [-0.2, 0) is 0 Å². The third kappa shape index (κ3) is 2.16. The van der Waals surface area contributed by atoms with Crippen LogP contribution in [0.25, 0.3) is 21.3 Å². The number of aromatic amines is 1. The van der Waals surface area contributed by atoms with Crippen LogP contribution in [0.1, 0.15) is 31.7 Å². The number of benzene rings is 1. The highest BCUT2D eigenvalue weighted by molar-refractivity contribution is 7.71. The number of rotatable bonds is 2. The summed E-state index contributed by atoms with van der Waals surface area (Å²) in [5, 5.41) is 2.82. The molecule has 3 nitrogen and oxygen atoms in total. The SMILES string of the molecule is O=c1c2c(-c3ccccc3)csc2[nH]c(=S)n1C1CCCC1. The van der Waals surface area contributed by atoms with Gasteiger partial charge in [0.2, 0.25) is 0 Å². The van der Waals surface area contributed by atoms with Gasteiger partial charge in [-0.25, -0.2) is 0 Å². The van der Waals surface area contributed by atoms with Crippen LogP contribution in [-0.4, -0.2) is 9.55 Å². The molecule has 0 bridgehead atoms. The Labute approximate surface area is 137 Å². The molecule has 0 unspecified atom stereocenters. The van der Waals surface area contributed by atoms with Crippen LogP contribution in [0.3, 0.4) is 0 Å². The van der Waals surface area contributed by atoms with Crippen molar-refractivity contribution >= 4 is 33.8 Å². The summed E-state index contributed by atoms with van der Waals surface area (Å²) in [6.07, 6.45) is 4.46. The second kappa shape index (κ2) is 5.48. The largest absolute Gasteiger partial charge is 0.323 e. The maximum Gasteiger partial charge on any atom is 0.263 e. The van der Waals surface area contributed by atoms with Crippen molar-refractivity contribution in [3.05, 3.63) is 50.8 Å². The van der Waals surface area contributed by atoms with E-state index in [-0.39, 0.29) is 11.6 Å². The summed E-state index contributed by atoms with van der Waals surface area (Å²) in [7, 11) is 0. The van der Waals surface area contributed by atoms with Crippen LogP contribution in [0.2, 0.25) is 0 Å². The predicted molar refractivity (Wildman–Crippen MR) is 94.2 cm³/mol. The van der Waals surface area contributed by atoms with Gasteiger partial charge in [-0.05, 0) is 30.6 Å². The number of fused-ring (bicyclic) bond motifs is 1. The molecule has 1 aliphatic carbocycles. The van der Waals surface area contributed by atoms with E-state index in [0.717, 1.165) is 34.2 Å². The highest BCUT2D eigenvalue weighted by atomic mass is 32.1. The molecule has 0 spiro atoms. The molecule has 3 aromatic rings. The van der Waals surface area contributed by atoms with E-state index >= 15 is 0 Å². The summed E-state index contributed by atoms with van der Waals surface area (Å²) in [5.74, 6) is 0. The molecule has 2 aromatic heterocycles. The maximum absolute atomic E-state index is 13.1. The lowest BCUT2D eigenvalue weighted by Gasteiger charge is -2.14. The van der Waals surface area contributed by atoms with E-state index in [1.54, 1.807) is 11.3 Å². The van der Waals surface area contributed by atoms with Gasteiger partial charge in [-0.1, -0.05) is 43.2 Å². The molecule has 1 N–H and O–H groups in total. The predicted octanol–water partition coefficient (Wildman–Crippen LogP) is 4.90. The molecule has 2 heterocycles. The molecular formula is C17H16N2OS2. The quantitative estimate of drug-likeness (QED) is 0.679. The third-order valence-corrected chi connectivity index (χ3v) is 5.63. The zero-order valence-corrected chi connectivity index (χ0v) is 13.7. The van der Waals surface area contributed by atoms with Crippen molar-refractivity contribution in [2.24, 2.45) is 0 Å². The van der Waals surface area contributed by atoms with Crippen molar-refractivity contribution in [3.8, 4) is 11.1 Å². The Hall–Kier alpha value is -1.72. The Morgan fingerprint density at radius 3 is 2.64 bits per heavy atom. The van der Waals surface area contributed by atoms with Gasteiger partial charge in [0.25, 0.3) is 5.56 Å². The van der Waals surface area contributed by atoms with Gasteiger partial charge in [0.1, 0.15) is 4.83 Å². The van der Waals surface area contributed by atoms with Gasteiger partial charge in [-0.3, -0.25) is 9.36 Å². The zero-order valence-electron chi connectivity index (χ0n) is 12.0. The fraction of sp³-hybridized carbons (Fsp3) is 0.294. The first-order valence-corrected chi connectivity index (χ1v) is 8.86. The molecule has 1 fully saturated rings. The first-order chi connectivity index (χ1) is 10.8. The summed E-state index contributed by atoms with van der Waals surface area (Å²) in [4.78, 5) is 17.2. The summed E-state index contributed by atoms with van der Waals surface area (Å²) in [6, 6.07) is 10.3. The van der Waals surface area contributed by atoms with Gasteiger partial charge in [-0.15, -0.1) is 11.3 Å². The van der Waals surface area contributed by atoms with Gasteiger partial charge in [0, 0.05) is 17.0 Å². The second-order valence-electron chi connectivity index (χ2n) is 5.76. The number of hydrogen-bond donors (Lipinski definition) is 1. The molecule has 112 valence electrons. The van der Waals surface area contributed by atoms with Gasteiger partial charge in [0.15, 0.2) is 4.77 Å². The number of aromatic nitrogens is 2. The molecule has 22 heavy (non-hydrogen) atoms. The summed E-state index contributed by atoms with van der Waals surface area (Å²) in [6.45, 7) is 0.